The van der Waals surface area contributed by atoms with E-state index in [1.165, 1.54) is 0 Å². The maximum atomic E-state index is 11.8. The monoisotopic (exact) mass is 317 g/mol. The SMILES string of the molecule is CCCNC(=O)C[NH+](C)Cc1c(O)ccc2ccc(OC)cc12. The number of hydrogen-bond donors (Lipinski definition) is 3. The van der Waals surface area contributed by atoms with E-state index in [-0.39, 0.29) is 11.7 Å². The van der Waals surface area contributed by atoms with Crippen LogP contribution in [0.25, 0.3) is 10.8 Å². The summed E-state index contributed by atoms with van der Waals surface area (Å²) in [6, 6.07) is 9.39. The first-order chi connectivity index (χ1) is 11.0. The Labute approximate surface area is 136 Å². The van der Waals surface area contributed by atoms with Crippen LogP contribution in [0.2, 0.25) is 0 Å². The Morgan fingerprint density at radius 3 is 2.74 bits per heavy atom. The predicted molar refractivity (Wildman–Crippen MR) is 90.9 cm³/mol. The highest BCUT2D eigenvalue weighted by Gasteiger charge is 2.15. The standard InChI is InChI=1S/C18H24N2O3/c1-4-9-19-18(22)12-20(2)11-16-15-10-14(23-3)7-5-13(15)6-8-17(16)21/h5-8,10,21H,4,9,11-12H2,1-3H3,(H,19,22)/p+1. The van der Waals surface area contributed by atoms with Crippen molar-refractivity contribution in [1.82, 2.24) is 5.32 Å². The maximum Gasteiger partial charge on any atom is 0.275 e. The van der Waals surface area contributed by atoms with Gasteiger partial charge in [-0.25, -0.2) is 0 Å². The molecule has 5 heteroatoms. The highest BCUT2D eigenvalue weighted by molar-refractivity contribution is 5.88. The van der Waals surface area contributed by atoms with Gasteiger partial charge in [0, 0.05) is 6.54 Å². The second-order valence-corrected chi connectivity index (χ2v) is 5.81. The normalized spacial score (nSPS) is 12.1. The Morgan fingerprint density at radius 1 is 1.30 bits per heavy atom. The van der Waals surface area contributed by atoms with E-state index in [1.807, 2.05) is 38.2 Å². The predicted octanol–water partition coefficient (Wildman–Crippen LogP) is 1.09. The lowest BCUT2D eigenvalue weighted by molar-refractivity contribution is -0.885. The van der Waals surface area contributed by atoms with Crippen molar-refractivity contribution < 1.29 is 19.5 Å². The fourth-order valence-corrected chi connectivity index (χ4v) is 2.63. The lowest BCUT2D eigenvalue weighted by Crippen LogP contribution is -3.08. The molecule has 0 bridgehead atoms. The van der Waals surface area contributed by atoms with E-state index in [1.54, 1.807) is 13.2 Å². The molecule has 0 saturated heterocycles. The first-order valence-corrected chi connectivity index (χ1v) is 7.91. The molecule has 2 aromatic rings. The van der Waals surface area contributed by atoms with Crippen LogP contribution in [-0.2, 0) is 11.3 Å². The van der Waals surface area contributed by atoms with Gasteiger partial charge in [-0.15, -0.1) is 0 Å². The zero-order valence-corrected chi connectivity index (χ0v) is 14.0. The molecule has 1 atom stereocenters. The number of ether oxygens (including phenoxy) is 1. The highest BCUT2D eigenvalue weighted by atomic mass is 16.5. The summed E-state index contributed by atoms with van der Waals surface area (Å²) < 4.78 is 5.28. The third-order valence-electron chi connectivity index (χ3n) is 3.83. The van der Waals surface area contributed by atoms with Crippen molar-refractivity contribution in [2.45, 2.75) is 19.9 Å². The molecule has 0 aliphatic heterocycles. The van der Waals surface area contributed by atoms with E-state index in [9.17, 15) is 9.90 Å². The molecule has 124 valence electrons. The number of amides is 1. The maximum absolute atomic E-state index is 11.8. The summed E-state index contributed by atoms with van der Waals surface area (Å²) in [6.07, 6.45) is 0.925. The average Bonchev–Trinajstić information content (AvgIpc) is 2.55. The number of benzene rings is 2. The second kappa shape index (κ2) is 7.83. The third-order valence-corrected chi connectivity index (χ3v) is 3.83. The van der Waals surface area contributed by atoms with Crippen LogP contribution in [0.4, 0.5) is 0 Å². The number of nitrogens with one attached hydrogen (secondary N) is 2. The molecular formula is C18H25N2O3+. The summed E-state index contributed by atoms with van der Waals surface area (Å²) in [7, 11) is 3.57. The zero-order valence-electron chi connectivity index (χ0n) is 14.0. The van der Waals surface area contributed by atoms with E-state index < -0.39 is 0 Å². The highest BCUT2D eigenvalue weighted by Crippen LogP contribution is 2.29. The number of phenols is 1. The van der Waals surface area contributed by atoms with Gasteiger partial charge in [-0.05, 0) is 35.4 Å². The van der Waals surface area contributed by atoms with Crippen molar-refractivity contribution in [2.24, 2.45) is 0 Å². The molecular weight excluding hydrogens is 292 g/mol. The average molecular weight is 317 g/mol. The van der Waals surface area contributed by atoms with Crippen molar-refractivity contribution in [2.75, 3.05) is 27.2 Å². The van der Waals surface area contributed by atoms with Gasteiger partial charge in [-0.2, -0.15) is 0 Å². The van der Waals surface area contributed by atoms with Gasteiger partial charge in [0.25, 0.3) is 5.91 Å². The van der Waals surface area contributed by atoms with Crippen LogP contribution in [0.5, 0.6) is 11.5 Å². The van der Waals surface area contributed by atoms with Gasteiger partial charge >= 0.3 is 0 Å². The van der Waals surface area contributed by atoms with Crippen LogP contribution in [0, 0.1) is 0 Å². The van der Waals surface area contributed by atoms with E-state index in [0.717, 1.165) is 33.4 Å². The van der Waals surface area contributed by atoms with Crippen molar-refractivity contribution >= 4 is 16.7 Å². The van der Waals surface area contributed by atoms with E-state index in [2.05, 4.69) is 5.32 Å². The summed E-state index contributed by atoms with van der Waals surface area (Å²) in [6.45, 7) is 3.66. The van der Waals surface area contributed by atoms with E-state index >= 15 is 0 Å². The number of likely N-dealkylation sites (N-methyl/N-ethyl adjacent to an activating group) is 1. The molecule has 2 rings (SSSR count). The molecule has 0 spiro atoms. The molecule has 2 aromatic carbocycles. The quantitative estimate of drug-likeness (QED) is 0.716. The Hall–Kier alpha value is -2.27. The van der Waals surface area contributed by atoms with Crippen LogP contribution >= 0.6 is 0 Å². The largest absolute Gasteiger partial charge is 0.507 e. The molecule has 1 amide bonds. The van der Waals surface area contributed by atoms with Gasteiger partial charge in [-0.3, -0.25) is 4.79 Å². The summed E-state index contributed by atoms with van der Waals surface area (Å²) >= 11 is 0. The first kappa shape index (κ1) is 17.1. The Kier molecular flexibility index (Phi) is 5.82. The number of methoxy groups -OCH3 is 1. The number of carbonyl (C=O) groups is 1. The zero-order chi connectivity index (χ0) is 16.8. The van der Waals surface area contributed by atoms with Gasteiger partial charge < -0.3 is 20.1 Å². The second-order valence-electron chi connectivity index (χ2n) is 5.81. The smallest absolute Gasteiger partial charge is 0.275 e. The molecule has 0 aliphatic rings. The Balaban J connectivity index is 2.21. The molecule has 23 heavy (non-hydrogen) atoms. The molecule has 0 heterocycles. The van der Waals surface area contributed by atoms with Crippen molar-refractivity contribution in [3.05, 3.63) is 35.9 Å². The topological polar surface area (TPSA) is 63.0 Å². The van der Waals surface area contributed by atoms with Crippen LogP contribution in [-0.4, -0.2) is 38.3 Å². The number of quaternary nitrogens is 1. The number of fused-ring (bicyclic) bond motifs is 1. The molecule has 0 fully saturated rings. The summed E-state index contributed by atoms with van der Waals surface area (Å²) in [4.78, 5) is 12.9. The lowest BCUT2D eigenvalue weighted by atomic mass is 10.0. The minimum absolute atomic E-state index is 0.0293. The molecule has 0 aliphatic carbocycles. The number of rotatable bonds is 7. The van der Waals surface area contributed by atoms with Gasteiger partial charge in [-0.1, -0.05) is 19.1 Å². The first-order valence-electron chi connectivity index (χ1n) is 7.91. The minimum Gasteiger partial charge on any atom is -0.507 e. The van der Waals surface area contributed by atoms with E-state index in [0.29, 0.717) is 19.6 Å². The molecule has 0 radical (unpaired) electrons. The van der Waals surface area contributed by atoms with Crippen LogP contribution in [0.15, 0.2) is 30.3 Å². The third kappa shape index (κ3) is 4.36. The van der Waals surface area contributed by atoms with Crippen LogP contribution < -0.4 is 15.0 Å². The minimum atomic E-state index is 0.0293. The fourth-order valence-electron chi connectivity index (χ4n) is 2.63. The Bertz CT molecular complexity index is 685. The van der Waals surface area contributed by atoms with Crippen molar-refractivity contribution in [1.29, 1.82) is 0 Å². The van der Waals surface area contributed by atoms with Crippen molar-refractivity contribution in [3.63, 3.8) is 0 Å². The summed E-state index contributed by atoms with van der Waals surface area (Å²) in [5, 5.41) is 15.1. The van der Waals surface area contributed by atoms with Gasteiger partial charge in [0.2, 0.25) is 0 Å². The van der Waals surface area contributed by atoms with Crippen LogP contribution in [0.3, 0.4) is 0 Å². The molecule has 5 nitrogen and oxygen atoms in total. The van der Waals surface area contributed by atoms with Gasteiger partial charge in [0.05, 0.1) is 19.7 Å². The van der Waals surface area contributed by atoms with E-state index in [4.69, 9.17) is 4.74 Å². The molecule has 1 unspecified atom stereocenters. The summed E-state index contributed by atoms with van der Waals surface area (Å²) in [5.41, 5.74) is 0.835. The van der Waals surface area contributed by atoms with Crippen LogP contribution in [0.1, 0.15) is 18.9 Å². The molecule has 3 N–H and O–H groups in total. The molecule has 0 saturated carbocycles. The summed E-state index contributed by atoms with van der Waals surface area (Å²) in [5.74, 6) is 1.03. The number of phenolic OH excluding ortho intramolecular Hbond substituents is 1. The molecule has 0 aromatic heterocycles. The van der Waals surface area contributed by atoms with Crippen molar-refractivity contribution in [3.8, 4) is 11.5 Å². The van der Waals surface area contributed by atoms with Gasteiger partial charge in [0.1, 0.15) is 18.0 Å². The number of aromatic hydroxyl groups is 1. The number of hydrogen-bond acceptors (Lipinski definition) is 3. The number of carbonyl (C=O) groups excluding carboxylic acids is 1. The fraction of sp³-hybridized carbons (Fsp3) is 0.389. The Morgan fingerprint density at radius 2 is 2.04 bits per heavy atom. The van der Waals surface area contributed by atoms with Gasteiger partial charge in [0.15, 0.2) is 6.54 Å². The lowest BCUT2D eigenvalue weighted by Gasteiger charge is -2.16.